The Hall–Kier alpha value is -1.56. The van der Waals surface area contributed by atoms with E-state index in [0.717, 1.165) is 0 Å². The molecule has 1 aromatic rings. The van der Waals surface area contributed by atoms with Gasteiger partial charge in [-0.25, -0.2) is 9.18 Å². The molecule has 108 valence electrons. The summed E-state index contributed by atoms with van der Waals surface area (Å²) in [5, 5.41) is 9.08. The number of carboxylic acid groups (broad SMARTS) is 1. The fraction of sp³-hybridized carbons (Fsp3) is 0.429. The number of hydrogen-bond donors (Lipinski definition) is 1. The summed E-state index contributed by atoms with van der Waals surface area (Å²) in [6.45, 7) is 3.90. The normalized spacial score (nSPS) is 22.3. The first-order valence-electron chi connectivity index (χ1n) is 6.34. The molecule has 0 spiro atoms. The van der Waals surface area contributed by atoms with E-state index in [4.69, 9.17) is 0 Å². The van der Waals surface area contributed by atoms with Crippen LogP contribution in [0, 0.1) is 11.7 Å². The molecule has 0 saturated carbocycles. The number of carboxylic acids is 1. The van der Waals surface area contributed by atoms with Gasteiger partial charge in [0.15, 0.2) is 0 Å². The Bertz CT molecular complexity index is 518. The van der Waals surface area contributed by atoms with E-state index < -0.39 is 17.8 Å². The van der Waals surface area contributed by atoms with Gasteiger partial charge < -0.3 is 10.0 Å². The molecule has 1 aliphatic rings. The first kappa shape index (κ1) is 14.8. The molecule has 4 nitrogen and oxygen atoms in total. The number of aliphatic carboxylic acids is 1. The Morgan fingerprint density at radius 2 is 1.95 bits per heavy atom. The maximum absolute atomic E-state index is 12.9. The first-order chi connectivity index (χ1) is 9.41. The molecule has 1 aliphatic heterocycles. The predicted octanol–water partition coefficient (Wildman–Crippen LogP) is 2.45. The van der Waals surface area contributed by atoms with Crippen molar-refractivity contribution in [3.8, 4) is 0 Å². The highest BCUT2D eigenvalue weighted by Gasteiger charge is 2.43. The van der Waals surface area contributed by atoms with Gasteiger partial charge in [-0.15, -0.1) is 11.8 Å². The minimum atomic E-state index is -1.00. The lowest BCUT2D eigenvalue weighted by Crippen LogP contribution is -2.47. The molecule has 6 heteroatoms. The molecule has 1 amide bonds. The molecule has 20 heavy (non-hydrogen) atoms. The van der Waals surface area contributed by atoms with Gasteiger partial charge in [-0.1, -0.05) is 13.8 Å². The lowest BCUT2D eigenvalue weighted by molar-refractivity contribution is -0.141. The molecule has 1 heterocycles. The zero-order valence-corrected chi connectivity index (χ0v) is 12.1. The fourth-order valence-corrected chi connectivity index (χ4v) is 3.70. The van der Waals surface area contributed by atoms with Crippen molar-refractivity contribution in [2.45, 2.75) is 25.3 Å². The quantitative estimate of drug-likeness (QED) is 0.931. The highest BCUT2D eigenvalue weighted by atomic mass is 32.2. The van der Waals surface area contributed by atoms with Gasteiger partial charge in [0, 0.05) is 11.3 Å². The number of hydrogen-bond acceptors (Lipinski definition) is 3. The molecular weight excluding hydrogens is 281 g/mol. The van der Waals surface area contributed by atoms with Crippen LogP contribution < -0.4 is 0 Å². The number of nitrogens with zero attached hydrogens (tertiary/aromatic N) is 1. The van der Waals surface area contributed by atoms with Gasteiger partial charge in [0.05, 0.1) is 5.37 Å². The molecule has 2 atom stereocenters. The number of benzene rings is 1. The minimum Gasteiger partial charge on any atom is -0.480 e. The van der Waals surface area contributed by atoms with Crippen LogP contribution in [-0.2, 0) is 4.79 Å². The van der Waals surface area contributed by atoms with Crippen molar-refractivity contribution in [3.05, 3.63) is 35.6 Å². The summed E-state index contributed by atoms with van der Waals surface area (Å²) in [7, 11) is 0. The summed E-state index contributed by atoms with van der Waals surface area (Å²) in [6, 6.07) is 4.35. The summed E-state index contributed by atoms with van der Waals surface area (Å²) in [5.41, 5.74) is 0.311. The molecule has 2 unspecified atom stereocenters. The smallest absolute Gasteiger partial charge is 0.327 e. The summed E-state index contributed by atoms with van der Waals surface area (Å²) in [5.74, 6) is -1.26. The Balaban J connectivity index is 2.31. The van der Waals surface area contributed by atoms with Crippen molar-refractivity contribution < 1.29 is 19.1 Å². The summed E-state index contributed by atoms with van der Waals surface area (Å²) >= 11 is 1.47. The highest BCUT2D eigenvalue weighted by molar-refractivity contribution is 8.00. The van der Waals surface area contributed by atoms with Crippen molar-refractivity contribution in [1.82, 2.24) is 4.90 Å². The van der Waals surface area contributed by atoms with Crippen LogP contribution in [0.1, 0.15) is 24.2 Å². The standard InChI is InChI=1S/C14H16FNO3S/c1-8(2)13-16(11(7-20-13)14(18)19)12(17)9-3-5-10(15)6-4-9/h3-6,8,11,13H,7H2,1-2H3,(H,18,19). The van der Waals surface area contributed by atoms with Gasteiger partial charge in [-0.05, 0) is 30.2 Å². The summed E-state index contributed by atoms with van der Waals surface area (Å²) in [4.78, 5) is 25.2. The average molecular weight is 297 g/mol. The molecule has 0 aliphatic carbocycles. The number of carbonyl (C=O) groups is 2. The molecule has 0 aromatic heterocycles. The van der Waals surface area contributed by atoms with Gasteiger partial charge >= 0.3 is 5.97 Å². The number of carbonyl (C=O) groups excluding carboxylic acids is 1. The Morgan fingerprint density at radius 1 is 1.35 bits per heavy atom. The molecular formula is C14H16FNO3S. The van der Waals surface area contributed by atoms with Crippen LogP contribution in [0.25, 0.3) is 0 Å². The summed E-state index contributed by atoms with van der Waals surface area (Å²) < 4.78 is 12.9. The SMILES string of the molecule is CC(C)C1SCC(C(=O)O)N1C(=O)c1ccc(F)cc1. The Labute approximate surface area is 121 Å². The van der Waals surface area contributed by atoms with E-state index in [0.29, 0.717) is 11.3 Å². The summed E-state index contributed by atoms with van der Waals surface area (Å²) in [6.07, 6.45) is 0. The molecule has 1 fully saturated rings. The van der Waals surface area contributed by atoms with E-state index in [-0.39, 0.29) is 17.2 Å². The second-order valence-electron chi connectivity index (χ2n) is 5.04. The molecule has 0 bridgehead atoms. The topological polar surface area (TPSA) is 57.6 Å². The third-order valence-corrected chi connectivity index (χ3v) is 4.84. The van der Waals surface area contributed by atoms with Crippen LogP contribution in [0.5, 0.6) is 0 Å². The van der Waals surface area contributed by atoms with Crippen molar-refractivity contribution in [1.29, 1.82) is 0 Å². The number of thioether (sulfide) groups is 1. The van der Waals surface area contributed by atoms with Crippen molar-refractivity contribution in [2.75, 3.05) is 5.75 Å². The van der Waals surface area contributed by atoms with Crippen molar-refractivity contribution in [2.24, 2.45) is 5.92 Å². The predicted molar refractivity (Wildman–Crippen MR) is 75.1 cm³/mol. The van der Waals surface area contributed by atoms with Crippen LogP contribution in [-0.4, -0.2) is 39.1 Å². The second kappa shape index (κ2) is 5.83. The van der Waals surface area contributed by atoms with E-state index in [1.807, 2.05) is 13.8 Å². The van der Waals surface area contributed by atoms with E-state index >= 15 is 0 Å². The van der Waals surface area contributed by atoms with Crippen LogP contribution in [0.4, 0.5) is 4.39 Å². The third kappa shape index (κ3) is 2.80. The molecule has 1 N–H and O–H groups in total. The fourth-order valence-electron chi connectivity index (χ4n) is 2.23. The lowest BCUT2D eigenvalue weighted by atomic mass is 10.1. The van der Waals surface area contributed by atoms with Crippen LogP contribution >= 0.6 is 11.8 Å². The van der Waals surface area contributed by atoms with Crippen LogP contribution in [0.2, 0.25) is 0 Å². The maximum atomic E-state index is 12.9. The van der Waals surface area contributed by atoms with Crippen LogP contribution in [0.3, 0.4) is 0 Å². The van der Waals surface area contributed by atoms with E-state index in [1.54, 1.807) is 0 Å². The van der Waals surface area contributed by atoms with Gasteiger partial charge in [0.2, 0.25) is 0 Å². The second-order valence-corrected chi connectivity index (χ2v) is 6.19. The number of rotatable bonds is 3. The lowest BCUT2D eigenvalue weighted by Gasteiger charge is -2.29. The average Bonchev–Trinajstić information content (AvgIpc) is 2.83. The van der Waals surface area contributed by atoms with E-state index in [9.17, 15) is 19.1 Å². The van der Waals surface area contributed by atoms with Crippen molar-refractivity contribution >= 4 is 23.6 Å². The molecule has 1 aromatic carbocycles. The minimum absolute atomic E-state index is 0.147. The van der Waals surface area contributed by atoms with E-state index in [2.05, 4.69) is 0 Å². The van der Waals surface area contributed by atoms with Crippen LogP contribution in [0.15, 0.2) is 24.3 Å². The zero-order valence-electron chi connectivity index (χ0n) is 11.2. The highest BCUT2D eigenvalue weighted by Crippen LogP contribution is 2.35. The first-order valence-corrected chi connectivity index (χ1v) is 7.39. The molecule has 1 saturated heterocycles. The van der Waals surface area contributed by atoms with Crippen molar-refractivity contribution in [3.63, 3.8) is 0 Å². The third-order valence-electron chi connectivity index (χ3n) is 3.22. The molecule has 2 rings (SSSR count). The van der Waals surface area contributed by atoms with Gasteiger partial charge in [-0.3, -0.25) is 4.79 Å². The van der Waals surface area contributed by atoms with Gasteiger partial charge in [0.1, 0.15) is 11.9 Å². The monoisotopic (exact) mass is 297 g/mol. The zero-order chi connectivity index (χ0) is 14.9. The Kier molecular flexibility index (Phi) is 4.32. The maximum Gasteiger partial charge on any atom is 0.327 e. The largest absolute Gasteiger partial charge is 0.480 e. The van der Waals surface area contributed by atoms with Gasteiger partial charge in [0.25, 0.3) is 5.91 Å². The number of amides is 1. The van der Waals surface area contributed by atoms with E-state index in [1.165, 1.54) is 40.9 Å². The molecule has 0 radical (unpaired) electrons. The number of halogens is 1. The Morgan fingerprint density at radius 3 is 2.45 bits per heavy atom. The van der Waals surface area contributed by atoms with Gasteiger partial charge in [-0.2, -0.15) is 0 Å².